The van der Waals surface area contributed by atoms with E-state index < -0.39 is 24.5 Å². The number of aliphatic hydroxyl groups excluding tert-OH is 2. The standard InChI is InChI=1S/C33H44O8/c1-4-5-6-7-25-8-10-26(11-9-25)27-12-14-28(15-13-27)29-16-30(38-21-40-32(36)23(2)19-34)18-31(17-29)39-22-41-33(37)24(3)20-35/h12-18,24-26,34-35H,2,4-11,19-22H2,1,3H3. The monoisotopic (exact) mass is 568 g/mol. The van der Waals surface area contributed by atoms with Crippen molar-refractivity contribution in [2.75, 3.05) is 26.8 Å². The number of benzene rings is 2. The van der Waals surface area contributed by atoms with Gasteiger partial charge in [0, 0.05) is 6.07 Å². The van der Waals surface area contributed by atoms with Crippen LogP contribution in [-0.2, 0) is 19.1 Å². The SMILES string of the molecule is C=C(CO)C(=O)OCOc1cc(OCOC(=O)C(C)CO)cc(-c2ccc(C3CCC(CCCCC)CC3)cc2)c1. The lowest BCUT2D eigenvalue weighted by molar-refractivity contribution is -0.155. The highest BCUT2D eigenvalue weighted by molar-refractivity contribution is 5.87. The van der Waals surface area contributed by atoms with Gasteiger partial charge in [-0.15, -0.1) is 0 Å². The van der Waals surface area contributed by atoms with Gasteiger partial charge in [-0.3, -0.25) is 4.79 Å². The number of aliphatic hydroxyl groups is 2. The number of hydrogen-bond donors (Lipinski definition) is 2. The van der Waals surface area contributed by atoms with Crippen molar-refractivity contribution in [2.24, 2.45) is 11.8 Å². The molecule has 1 fully saturated rings. The van der Waals surface area contributed by atoms with Gasteiger partial charge in [-0.2, -0.15) is 0 Å². The summed E-state index contributed by atoms with van der Waals surface area (Å²) in [4.78, 5) is 23.7. The number of hydrogen-bond acceptors (Lipinski definition) is 8. The van der Waals surface area contributed by atoms with Crippen LogP contribution in [0.25, 0.3) is 11.1 Å². The van der Waals surface area contributed by atoms with Gasteiger partial charge in [0.2, 0.25) is 13.6 Å². The van der Waals surface area contributed by atoms with Gasteiger partial charge in [-0.05, 0) is 73.3 Å². The number of carbonyl (C=O) groups is 2. The molecule has 8 nitrogen and oxygen atoms in total. The fourth-order valence-corrected chi connectivity index (χ4v) is 5.01. The first kappa shape index (κ1) is 32.2. The van der Waals surface area contributed by atoms with Crippen LogP contribution in [0.2, 0.25) is 0 Å². The summed E-state index contributed by atoms with van der Waals surface area (Å²) in [5.74, 6) is 0.239. The lowest BCUT2D eigenvalue weighted by Crippen LogP contribution is -2.20. The largest absolute Gasteiger partial charge is 0.457 e. The van der Waals surface area contributed by atoms with Gasteiger partial charge >= 0.3 is 11.9 Å². The maximum absolute atomic E-state index is 11.9. The Morgan fingerprint density at radius 3 is 2.12 bits per heavy atom. The van der Waals surface area contributed by atoms with E-state index in [1.165, 1.54) is 56.9 Å². The van der Waals surface area contributed by atoms with Gasteiger partial charge in [0.15, 0.2) is 0 Å². The summed E-state index contributed by atoms with van der Waals surface area (Å²) in [6, 6.07) is 13.7. The van der Waals surface area contributed by atoms with E-state index in [2.05, 4.69) is 37.8 Å². The van der Waals surface area contributed by atoms with Gasteiger partial charge in [-0.25, -0.2) is 4.79 Å². The summed E-state index contributed by atoms with van der Waals surface area (Å²) in [6.07, 6.45) is 10.4. The third-order valence-electron chi connectivity index (χ3n) is 7.66. The van der Waals surface area contributed by atoms with Gasteiger partial charge in [0.05, 0.1) is 24.7 Å². The minimum atomic E-state index is -0.754. The predicted octanol–water partition coefficient (Wildman–Crippen LogP) is 6.14. The van der Waals surface area contributed by atoms with E-state index in [1.807, 2.05) is 6.07 Å². The zero-order valence-electron chi connectivity index (χ0n) is 24.3. The molecule has 8 heteroatoms. The zero-order valence-corrected chi connectivity index (χ0v) is 24.3. The maximum atomic E-state index is 11.9. The van der Waals surface area contributed by atoms with Crippen molar-refractivity contribution in [2.45, 2.75) is 71.1 Å². The van der Waals surface area contributed by atoms with Gasteiger partial charge < -0.3 is 29.2 Å². The minimum absolute atomic E-state index is 0.0737. The Kier molecular flexibility index (Phi) is 13.2. The Bertz CT molecular complexity index is 1120. The number of rotatable bonds is 16. The van der Waals surface area contributed by atoms with Crippen LogP contribution < -0.4 is 9.47 Å². The number of unbranched alkanes of at least 4 members (excludes halogenated alkanes) is 2. The van der Waals surface area contributed by atoms with E-state index in [0.717, 1.165) is 17.0 Å². The number of carbonyl (C=O) groups excluding carboxylic acids is 2. The Labute approximate surface area is 243 Å². The predicted molar refractivity (Wildman–Crippen MR) is 156 cm³/mol. The quantitative estimate of drug-likeness (QED) is 0.107. The van der Waals surface area contributed by atoms with E-state index >= 15 is 0 Å². The van der Waals surface area contributed by atoms with Crippen LogP contribution >= 0.6 is 0 Å². The third-order valence-corrected chi connectivity index (χ3v) is 7.66. The molecule has 1 aliphatic rings. The molecule has 0 spiro atoms. The van der Waals surface area contributed by atoms with Crippen molar-refractivity contribution in [3.05, 3.63) is 60.2 Å². The smallest absolute Gasteiger partial charge is 0.338 e. The molecule has 0 amide bonds. The van der Waals surface area contributed by atoms with Crippen molar-refractivity contribution in [1.82, 2.24) is 0 Å². The van der Waals surface area contributed by atoms with Gasteiger partial charge in [0.1, 0.15) is 11.5 Å². The molecule has 41 heavy (non-hydrogen) atoms. The molecular formula is C33H44O8. The van der Waals surface area contributed by atoms with Crippen molar-refractivity contribution in [3.8, 4) is 22.6 Å². The molecule has 2 aromatic carbocycles. The second-order valence-corrected chi connectivity index (χ2v) is 10.8. The summed E-state index contributed by atoms with van der Waals surface area (Å²) < 4.78 is 21.4. The molecule has 1 saturated carbocycles. The molecule has 1 aliphatic carbocycles. The molecule has 0 saturated heterocycles. The molecule has 0 heterocycles. The Morgan fingerprint density at radius 2 is 1.54 bits per heavy atom. The van der Waals surface area contributed by atoms with Crippen LogP contribution in [0.1, 0.15) is 76.7 Å². The summed E-state index contributed by atoms with van der Waals surface area (Å²) in [7, 11) is 0. The summed E-state index contributed by atoms with van der Waals surface area (Å²) in [6.45, 7) is 5.71. The first-order valence-corrected chi connectivity index (χ1v) is 14.6. The number of esters is 2. The number of ether oxygens (including phenoxy) is 4. The highest BCUT2D eigenvalue weighted by Crippen LogP contribution is 2.39. The van der Waals surface area contributed by atoms with Crippen LogP contribution in [0.15, 0.2) is 54.6 Å². The molecular weight excluding hydrogens is 524 g/mol. The molecule has 3 rings (SSSR count). The van der Waals surface area contributed by atoms with Crippen LogP contribution in [0.5, 0.6) is 11.5 Å². The van der Waals surface area contributed by atoms with E-state index in [9.17, 15) is 9.59 Å². The van der Waals surface area contributed by atoms with Crippen molar-refractivity contribution < 1.29 is 38.7 Å². The molecule has 2 aromatic rings. The molecule has 1 atom stereocenters. The molecule has 0 radical (unpaired) electrons. The molecule has 0 aliphatic heterocycles. The lowest BCUT2D eigenvalue weighted by Gasteiger charge is -2.29. The van der Waals surface area contributed by atoms with Crippen LogP contribution in [0.4, 0.5) is 0 Å². The average molecular weight is 569 g/mol. The molecule has 0 aromatic heterocycles. The normalized spacial score (nSPS) is 17.4. The average Bonchev–Trinajstić information content (AvgIpc) is 3.00. The zero-order chi connectivity index (χ0) is 29.6. The van der Waals surface area contributed by atoms with E-state index in [1.54, 1.807) is 19.1 Å². The molecule has 0 bridgehead atoms. The Morgan fingerprint density at radius 1 is 0.902 bits per heavy atom. The highest BCUT2D eigenvalue weighted by Gasteiger charge is 2.22. The summed E-state index contributed by atoms with van der Waals surface area (Å²) >= 11 is 0. The second kappa shape index (κ2) is 16.8. The van der Waals surface area contributed by atoms with Crippen molar-refractivity contribution in [3.63, 3.8) is 0 Å². The summed E-state index contributed by atoms with van der Waals surface area (Å²) in [5.41, 5.74) is 3.04. The van der Waals surface area contributed by atoms with Crippen LogP contribution in [0, 0.1) is 11.8 Å². The molecule has 2 N–H and O–H groups in total. The minimum Gasteiger partial charge on any atom is -0.457 e. The van der Waals surface area contributed by atoms with Crippen molar-refractivity contribution in [1.29, 1.82) is 0 Å². The van der Waals surface area contributed by atoms with E-state index in [0.29, 0.717) is 17.4 Å². The fraction of sp³-hybridized carbons (Fsp3) is 0.515. The first-order valence-electron chi connectivity index (χ1n) is 14.6. The van der Waals surface area contributed by atoms with Crippen LogP contribution in [0.3, 0.4) is 0 Å². The maximum Gasteiger partial charge on any atom is 0.338 e. The van der Waals surface area contributed by atoms with Crippen LogP contribution in [-0.4, -0.2) is 49.0 Å². The lowest BCUT2D eigenvalue weighted by atomic mass is 9.77. The second-order valence-electron chi connectivity index (χ2n) is 10.8. The highest BCUT2D eigenvalue weighted by atomic mass is 16.7. The Balaban J connectivity index is 1.68. The Hall–Kier alpha value is -3.36. The molecule has 1 unspecified atom stereocenters. The fourth-order valence-electron chi connectivity index (χ4n) is 5.01. The van der Waals surface area contributed by atoms with E-state index in [4.69, 9.17) is 29.2 Å². The van der Waals surface area contributed by atoms with Crippen molar-refractivity contribution >= 4 is 11.9 Å². The van der Waals surface area contributed by atoms with E-state index in [-0.39, 0.29) is 25.8 Å². The summed E-state index contributed by atoms with van der Waals surface area (Å²) in [5, 5.41) is 18.2. The topological polar surface area (TPSA) is 112 Å². The van der Waals surface area contributed by atoms with Gasteiger partial charge in [-0.1, -0.05) is 63.5 Å². The van der Waals surface area contributed by atoms with Gasteiger partial charge in [0.25, 0.3) is 0 Å². The molecule has 224 valence electrons. The third kappa shape index (κ3) is 10.2. The first-order chi connectivity index (χ1) is 19.8.